The van der Waals surface area contributed by atoms with Crippen LogP contribution in [0.2, 0.25) is 0 Å². The molecule has 22 heavy (non-hydrogen) atoms. The molecule has 0 bridgehead atoms. The van der Waals surface area contributed by atoms with E-state index in [1.54, 1.807) is 12.1 Å². The Morgan fingerprint density at radius 2 is 2.05 bits per heavy atom. The highest BCUT2D eigenvalue weighted by Gasteiger charge is 2.28. The van der Waals surface area contributed by atoms with Gasteiger partial charge in [-0.15, -0.1) is 0 Å². The van der Waals surface area contributed by atoms with Crippen molar-refractivity contribution in [2.24, 2.45) is 0 Å². The minimum Gasteiger partial charge on any atom is -0.379 e. The van der Waals surface area contributed by atoms with Crippen LogP contribution in [0.5, 0.6) is 0 Å². The molecule has 0 radical (unpaired) electrons. The van der Waals surface area contributed by atoms with Crippen molar-refractivity contribution in [3.8, 4) is 0 Å². The van der Waals surface area contributed by atoms with Gasteiger partial charge in [0.2, 0.25) is 0 Å². The quantitative estimate of drug-likeness (QED) is 0.939. The van der Waals surface area contributed by atoms with E-state index >= 15 is 0 Å². The summed E-state index contributed by atoms with van der Waals surface area (Å²) in [6.45, 7) is 8.35. The molecule has 1 aromatic carbocycles. The molecule has 1 fully saturated rings. The summed E-state index contributed by atoms with van der Waals surface area (Å²) in [5.74, 6) is 0.245. The highest BCUT2D eigenvalue weighted by atomic mass is 19.1. The van der Waals surface area contributed by atoms with Crippen molar-refractivity contribution in [2.75, 3.05) is 38.2 Å². The first kappa shape index (κ1) is 15.1. The summed E-state index contributed by atoms with van der Waals surface area (Å²) in [6, 6.07) is 4.88. The van der Waals surface area contributed by atoms with Crippen LogP contribution < -0.4 is 5.32 Å². The van der Waals surface area contributed by atoms with Gasteiger partial charge in [0.15, 0.2) is 0 Å². The predicted octanol–water partition coefficient (Wildman–Crippen LogP) is 2.29. The van der Waals surface area contributed by atoms with Crippen molar-refractivity contribution < 1.29 is 9.13 Å². The van der Waals surface area contributed by atoms with Gasteiger partial charge < -0.3 is 10.1 Å². The third kappa shape index (κ3) is 3.03. The average Bonchev–Trinajstić information content (AvgIpc) is 2.54. The molecular weight excluding hydrogens is 283 g/mol. The topological polar surface area (TPSA) is 50.3 Å². The van der Waals surface area contributed by atoms with Crippen molar-refractivity contribution in [1.29, 1.82) is 0 Å². The minimum atomic E-state index is -0.301. The van der Waals surface area contributed by atoms with Gasteiger partial charge in [-0.1, -0.05) is 6.07 Å². The van der Waals surface area contributed by atoms with Crippen LogP contribution >= 0.6 is 0 Å². The van der Waals surface area contributed by atoms with Crippen LogP contribution in [-0.2, 0) is 4.74 Å². The molecule has 118 valence electrons. The van der Waals surface area contributed by atoms with Crippen LogP contribution in [0.15, 0.2) is 24.5 Å². The number of hydrogen-bond acceptors (Lipinski definition) is 5. The molecule has 0 amide bonds. The van der Waals surface area contributed by atoms with Crippen LogP contribution in [0.3, 0.4) is 0 Å². The summed E-state index contributed by atoms with van der Waals surface area (Å²) in [7, 11) is 0. The Labute approximate surface area is 129 Å². The Kier molecular flexibility index (Phi) is 4.22. The average molecular weight is 304 g/mol. The van der Waals surface area contributed by atoms with Gasteiger partial charge in [-0.3, -0.25) is 4.90 Å². The third-order valence-corrected chi connectivity index (χ3v) is 4.17. The molecule has 0 aliphatic carbocycles. The zero-order valence-corrected chi connectivity index (χ0v) is 13.0. The molecule has 2 heterocycles. The molecule has 0 spiro atoms. The largest absolute Gasteiger partial charge is 0.379 e. The fourth-order valence-electron chi connectivity index (χ4n) is 2.78. The molecule has 0 saturated carbocycles. The van der Waals surface area contributed by atoms with Crippen LogP contribution in [0, 0.1) is 5.82 Å². The first-order chi connectivity index (χ1) is 10.6. The van der Waals surface area contributed by atoms with Gasteiger partial charge in [0.1, 0.15) is 18.0 Å². The van der Waals surface area contributed by atoms with Gasteiger partial charge in [-0.2, -0.15) is 0 Å². The van der Waals surface area contributed by atoms with E-state index in [4.69, 9.17) is 4.74 Å². The number of hydrogen-bond donors (Lipinski definition) is 1. The van der Waals surface area contributed by atoms with Crippen molar-refractivity contribution in [3.63, 3.8) is 0 Å². The summed E-state index contributed by atoms with van der Waals surface area (Å²) < 4.78 is 19.5. The van der Waals surface area contributed by atoms with Crippen molar-refractivity contribution in [1.82, 2.24) is 14.9 Å². The Morgan fingerprint density at radius 1 is 1.27 bits per heavy atom. The standard InChI is InChI=1S/C16H21FN4O/c1-16(2,21-6-8-22-9-7-21)10-18-15-14-12(17)4-3-5-13(14)19-11-20-15/h3-5,11H,6-10H2,1-2H3,(H,18,19,20). The molecular formula is C16H21FN4O. The lowest BCUT2D eigenvalue weighted by atomic mass is 10.0. The highest BCUT2D eigenvalue weighted by molar-refractivity contribution is 5.89. The van der Waals surface area contributed by atoms with E-state index in [2.05, 4.69) is 34.0 Å². The lowest BCUT2D eigenvalue weighted by Gasteiger charge is -2.41. The number of nitrogens with one attached hydrogen (secondary N) is 1. The minimum absolute atomic E-state index is 0.0632. The Bertz CT molecular complexity index is 650. The second-order valence-electron chi connectivity index (χ2n) is 6.12. The molecule has 2 aromatic rings. The number of rotatable bonds is 4. The summed E-state index contributed by atoms with van der Waals surface area (Å²) in [4.78, 5) is 10.7. The van der Waals surface area contributed by atoms with Crippen molar-refractivity contribution in [2.45, 2.75) is 19.4 Å². The molecule has 3 rings (SSSR count). The SMILES string of the molecule is CC(C)(CNc1ncnc2cccc(F)c12)N1CCOCC1. The maximum Gasteiger partial charge on any atom is 0.140 e. The van der Waals surface area contributed by atoms with E-state index in [0.717, 1.165) is 26.3 Å². The monoisotopic (exact) mass is 304 g/mol. The first-order valence-corrected chi connectivity index (χ1v) is 7.54. The molecule has 1 aliphatic heterocycles. The number of aromatic nitrogens is 2. The van der Waals surface area contributed by atoms with Crippen molar-refractivity contribution >= 4 is 16.7 Å². The molecule has 0 atom stereocenters. The van der Waals surface area contributed by atoms with E-state index in [1.807, 2.05) is 0 Å². The number of ether oxygens (including phenoxy) is 1. The lowest BCUT2D eigenvalue weighted by molar-refractivity contribution is -0.00569. The van der Waals surface area contributed by atoms with Crippen molar-refractivity contribution in [3.05, 3.63) is 30.3 Å². The zero-order chi connectivity index (χ0) is 15.6. The predicted molar refractivity (Wildman–Crippen MR) is 84.5 cm³/mol. The molecule has 1 N–H and O–H groups in total. The summed E-state index contributed by atoms with van der Waals surface area (Å²) in [5.41, 5.74) is 0.549. The lowest BCUT2D eigenvalue weighted by Crippen LogP contribution is -2.53. The maximum atomic E-state index is 14.1. The first-order valence-electron chi connectivity index (χ1n) is 7.54. The number of halogens is 1. The van der Waals surface area contributed by atoms with Gasteiger partial charge in [0, 0.05) is 25.2 Å². The Morgan fingerprint density at radius 3 is 2.82 bits per heavy atom. The van der Waals surface area contributed by atoms with Crippen LogP contribution in [0.4, 0.5) is 10.2 Å². The second kappa shape index (κ2) is 6.14. The van der Waals surface area contributed by atoms with Gasteiger partial charge in [0.05, 0.1) is 24.1 Å². The van der Waals surface area contributed by atoms with E-state index in [9.17, 15) is 4.39 Å². The number of fused-ring (bicyclic) bond motifs is 1. The third-order valence-electron chi connectivity index (χ3n) is 4.17. The fraction of sp³-hybridized carbons (Fsp3) is 0.500. The molecule has 1 aromatic heterocycles. The fourth-order valence-corrected chi connectivity index (χ4v) is 2.78. The zero-order valence-electron chi connectivity index (χ0n) is 13.0. The molecule has 0 unspecified atom stereocenters. The van der Waals surface area contributed by atoms with Gasteiger partial charge in [0.25, 0.3) is 0 Å². The van der Waals surface area contributed by atoms with Crippen LogP contribution in [0.25, 0.3) is 10.9 Å². The van der Waals surface area contributed by atoms with E-state index < -0.39 is 0 Å². The molecule has 5 nitrogen and oxygen atoms in total. The number of benzene rings is 1. The Hall–Kier alpha value is -1.79. The smallest absolute Gasteiger partial charge is 0.140 e. The number of anilines is 1. The van der Waals surface area contributed by atoms with Gasteiger partial charge >= 0.3 is 0 Å². The summed E-state index contributed by atoms with van der Waals surface area (Å²) in [6.07, 6.45) is 1.46. The normalized spacial score (nSPS) is 16.9. The summed E-state index contributed by atoms with van der Waals surface area (Å²) in [5, 5.41) is 3.74. The van der Waals surface area contributed by atoms with E-state index in [-0.39, 0.29) is 11.4 Å². The van der Waals surface area contributed by atoms with Crippen LogP contribution in [0.1, 0.15) is 13.8 Å². The highest BCUT2D eigenvalue weighted by Crippen LogP contribution is 2.24. The number of morpholine rings is 1. The van der Waals surface area contributed by atoms with Gasteiger partial charge in [-0.25, -0.2) is 14.4 Å². The summed E-state index contributed by atoms with van der Waals surface area (Å²) >= 11 is 0. The molecule has 1 saturated heterocycles. The molecule has 1 aliphatic rings. The van der Waals surface area contributed by atoms with Crippen LogP contribution in [-0.4, -0.2) is 53.3 Å². The molecule has 6 heteroatoms. The van der Waals surface area contributed by atoms with E-state index in [0.29, 0.717) is 23.3 Å². The number of nitrogens with zero attached hydrogens (tertiary/aromatic N) is 3. The van der Waals surface area contributed by atoms with Gasteiger partial charge in [-0.05, 0) is 26.0 Å². The Balaban J connectivity index is 1.79. The maximum absolute atomic E-state index is 14.1. The van der Waals surface area contributed by atoms with E-state index in [1.165, 1.54) is 12.4 Å². The second-order valence-corrected chi connectivity index (χ2v) is 6.12.